The zero-order valence-corrected chi connectivity index (χ0v) is 18.2. The first kappa shape index (κ1) is 19.3. The van der Waals surface area contributed by atoms with Crippen molar-refractivity contribution in [3.05, 3.63) is 64.0 Å². The molecule has 0 bridgehead atoms. The Labute approximate surface area is 179 Å². The van der Waals surface area contributed by atoms with Crippen molar-refractivity contribution in [2.45, 2.75) is 19.8 Å². The summed E-state index contributed by atoms with van der Waals surface area (Å²) in [5.74, 6) is 0.0513. The van der Waals surface area contributed by atoms with E-state index < -0.39 is 10.0 Å². The van der Waals surface area contributed by atoms with E-state index in [1.165, 1.54) is 4.31 Å². The van der Waals surface area contributed by atoms with Crippen molar-refractivity contribution in [3.8, 4) is 11.3 Å². The molecule has 1 aromatic heterocycles. The average Bonchev–Trinajstić information content (AvgIpc) is 3.44. The van der Waals surface area contributed by atoms with Gasteiger partial charge in [-0.2, -0.15) is 0 Å². The first-order valence-electron chi connectivity index (χ1n) is 9.90. The van der Waals surface area contributed by atoms with Gasteiger partial charge >= 0.3 is 0 Å². The number of hydrogen-bond donors (Lipinski definition) is 0. The molecule has 0 saturated carbocycles. The first-order valence-corrected chi connectivity index (χ1v) is 12.4. The van der Waals surface area contributed by atoms with Gasteiger partial charge in [0.25, 0.3) is 5.91 Å². The minimum atomic E-state index is -3.28. The fourth-order valence-electron chi connectivity index (χ4n) is 4.15. The number of carbonyl (C=O) groups excluding carboxylic acids is 1. The Morgan fingerprint density at radius 1 is 1.13 bits per heavy atom. The molecule has 0 N–H and O–H groups in total. The Kier molecular flexibility index (Phi) is 4.63. The number of aromatic nitrogens is 1. The van der Waals surface area contributed by atoms with Gasteiger partial charge in [0, 0.05) is 35.3 Å². The Morgan fingerprint density at radius 2 is 2.00 bits per heavy atom. The molecule has 154 valence electrons. The highest BCUT2D eigenvalue weighted by Gasteiger charge is 2.30. The summed E-state index contributed by atoms with van der Waals surface area (Å²) in [6.07, 6.45) is 1.40. The van der Waals surface area contributed by atoms with E-state index in [0.29, 0.717) is 30.8 Å². The fourth-order valence-corrected chi connectivity index (χ4v) is 6.33. The molecular formula is C22H21N3O3S2. The Bertz CT molecular complexity index is 1250. The third-order valence-electron chi connectivity index (χ3n) is 5.62. The van der Waals surface area contributed by atoms with E-state index in [1.54, 1.807) is 40.5 Å². The van der Waals surface area contributed by atoms with Gasteiger partial charge in [0.2, 0.25) is 10.0 Å². The van der Waals surface area contributed by atoms with Gasteiger partial charge in [0.15, 0.2) is 0 Å². The number of amides is 1. The predicted octanol–water partition coefficient (Wildman–Crippen LogP) is 3.86. The molecular weight excluding hydrogens is 418 g/mol. The number of thiazole rings is 1. The predicted molar refractivity (Wildman–Crippen MR) is 120 cm³/mol. The van der Waals surface area contributed by atoms with Crippen molar-refractivity contribution in [3.63, 3.8) is 0 Å². The normalized spacial score (nSPS) is 17.4. The minimum absolute atomic E-state index is 0.107. The summed E-state index contributed by atoms with van der Waals surface area (Å²) < 4.78 is 25.9. The zero-order valence-electron chi connectivity index (χ0n) is 16.5. The van der Waals surface area contributed by atoms with Crippen LogP contribution in [0.25, 0.3) is 11.3 Å². The van der Waals surface area contributed by atoms with E-state index in [9.17, 15) is 13.2 Å². The van der Waals surface area contributed by atoms with Crippen LogP contribution in [-0.4, -0.2) is 38.2 Å². The topological polar surface area (TPSA) is 70.6 Å². The molecule has 0 radical (unpaired) electrons. The fraction of sp³-hybridized carbons (Fsp3) is 0.273. The lowest BCUT2D eigenvalue weighted by molar-refractivity contribution is 0.0989. The van der Waals surface area contributed by atoms with Crippen LogP contribution in [0, 0.1) is 6.92 Å². The van der Waals surface area contributed by atoms with Crippen molar-refractivity contribution in [2.24, 2.45) is 0 Å². The number of nitrogens with zero attached hydrogens (tertiary/aromatic N) is 3. The molecule has 3 heterocycles. The zero-order chi connectivity index (χ0) is 20.9. The van der Waals surface area contributed by atoms with Gasteiger partial charge in [-0.25, -0.2) is 13.4 Å². The quantitative estimate of drug-likeness (QED) is 0.621. The Hall–Kier alpha value is -2.71. The molecule has 2 aromatic carbocycles. The van der Waals surface area contributed by atoms with Crippen LogP contribution in [0.15, 0.2) is 47.8 Å². The number of rotatable bonds is 3. The maximum absolute atomic E-state index is 13.2. The van der Waals surface area contributed by atoms with Gasteiger partial charge in [0.05, 0.1) is 22.1 Å². The lowest BCUT2D eigenvalue weighted by Gasteiger charge is -2.20. The largest absolute Gasteiger partial charge is 0.308 e. The summed E-state index contributed by atoms with van der Waals surface area (Å²) in [4.78, 5) is 19.6. The summed E-state index contributed by atoms with van der Waals surface area (Å²) in [6.45, 7) is 3.06. The molecule has 1 fully saturated rings. The van der Waals surface area contributed by atoms with Crippen molar-refractivity contribution >= 4 is 38.6 Å². The second-order valence-electron chi connectivity index (χ2n) is 7.59. The molecule has 1 saturated heterocycles. The number of benzene rings is 2. The molecule has 2 aliphatic rings. The third kappa shape index (κ3) is 3.30. The first-order chi connectivity index (χ1) is 14.4. The highest BCUT2D eigenvalue weighted by atomic mass is 32.2. The number of sulfonamides is 1. The van der Waals surface area contributed by atoms with Gasteiger partial charge in [-0.05, 0) is 55.7 Å². The second-order valence-corrected chi connectivity index (χ2v) is 10.7. The van der Waals surface area contributed by atoms with Crippen molar-refractivity contribution in [2.75, 3.05) is 28.0 Å². The van der Waals surface area contributed by atoms with Gasteiger partial charge in [-0.15, -0.1) is 11.3 Å². The van der Waals surface area contributed by atoms with Crippen LogP contribution in [0.1, 0.15) is 27.3 Å². The Morgan fingerprint density at radius 3 is 2.73 bits per heavy atom. The molecule has 3 aromatic rings. The number of aryl methyl sites for hydroxylation is 1. The average molecular weight is 440 g/mol. The number of anilines is 2. The van der Waals surface area contributed by atoms with Gasteiger partial charge in [-0.3, -0.25) is 9.10 Å². The highest BCUT2D eigenvalue weighted by molar-refractivity contribution is 7.93. The maximum Gasteiger partial charge on any atom is 0.258 e. The summed E-state index contributed by atoms with van der Waals surface area (Å²) >= 11 is 1.62. The smallest absolute Gasteiger partial charge is 0.258 e. The summed E-state index contributed by atoms with van der Waals surface area (Å²) in [6, 6.07) is 13.0. The maximum atomic E-state index is 13.2. The van der Waals surface area contributed by atoms with E-state index in [0.717, 1.165) is 33.9 Å². The van der Waals surface area contributed by atoms with Crippen molar-refractivity contribution in [1.82, 2.24) is 4.98 Å². The van der Waals surface area contributed by atoms with E-state index in [1.807, 2.05) is 24.4 Å². The Balaban J connectivity index is 1.43. The molecule has 5 rings (SSSR count). The van der Waals surface area contributed by atoms with Crippen molar-refractivity contribution < 1.29 is 13.2 Å². The number of hydrogen-bond acceptors (Lipinski definition) is 5. The molecule has 0 aliphatic carbocycles. The SMILES string of the molecule is Cc1nc(-c2ccc3c(c2)CCN3C(=O)c2cccc(N3CCCS3(=O)=O)c2)cs1. The third-order valence-corrected chi connectivity index (χ3v) is 8.26. The van der Waals surface area contributed by atoms with E-state index in [2.05, 4.69) is 11.1 Å². The van der Waals surface area contributed by atoms with Crippen molar-refractivity contribution in [1.29, 1.82) is 0 Å². The number of carbonyl (C=O) groups is 1. The standard InChI is InChI=1S/C22H21N3O3S2/c1-15-23-20(14-29-15)16-6-7-21-17(12-16)8-10-24(21)22(26)18-4-2-5-19(13-18)25-9-3-11-30(25,27)28/h2,4-7,12-14H,3,8-11H2,1H3. The highest BCUT2D eigenvalue weighted by Crippen LogP contribution is 2.34. The molecule has 1 amide bonds. The van der Waals surface area contributed by atoms with Crippen LogP contribution < -0.4 is 9.21 Å². The van der Waals surface area contributed by atoms with Crippen LogP contribution in [0.5, 0.6) is 0 Å². The summed E-state index contributed by atoms with van der Waals surface area (Å²) in [5.41, 5.74) is 5.13. The molecule has 0 atom stereocenters. The van der Waals surface area contributed by atoms with Crippen LogP contribution in [-0.2, 0) is 16.4 Å². The molecule has 2 aliphatic heterocycles. The molecule has 0 spiro atoms. The summed E-state index contributed by atoms with van der Waals surface area (Å²) in [5, 5.41) is 3.08. The van der Waals surface area contributed by atoms with Crippen LogP contribution >= 0.6 is 11.3 Å². The van der Waals surface area contributed by atoms with Crippen LogP contribution in [0.4, 0.5) is 11.4 Å². The lowest BCUT2D eigenvalue weighted by atomic mass is 10.1. The lowest BCUT2D eigenvalue weighted by Crippen LogP contribution is -2.29. The summed E-state index contributed by atoms with van der Waals surface area (Å²) in [7, 11) is -3.28. The second kappa shape index (κ2) is 7.21. The van der Waals surface area contributed by atoms with Crippen LogP contribution in [0.3, 0.4) is 0 Å². The molecule has 6 nitrogen and oxygen atoms in total. The molecule has 0 unspecified atom stereocenters. The van der Waals surface area contributed by atoms with Crippen LogP contribution in [0.2, 0.25) is 0 Å². The molecule has 8 heteroatoms. The number of fused-ring (bicyclic) bond motifs is 1. The van der Waals surface area contributed by atoms with E-state index in [4.69, 9.17) is 0 Å². The van der Waals surface area contributed by atoms with E-state index in [-0.39, 0.29) is 11.7 Å². The van der Waals surface area contributed by atoms with Gasteiger partial charge in [-0.1, -0.05) is 12.1 Å². The monoisotopic (exact) mass is 439 g/mol. The van der Waals surface area contributed by atoms with E-state index >= 15 is 0 Å². The van der Waals surface area contributed by atoms with Gasteiger partial charge < -0.3 is 4.90 Å². The molecule has 30 heavy (non-hydrogen) atoms. The van der Waals surface area contributed by atoms with Gasteiger partial charge in [0.1, 0.15) is 0 Å². The minimum Gasteiger partial charge on any atom is -0.308 e.